The van der Waals surface area contributed by atoms with Gasteiger partial charge in [0.05, 0.1) is 13.2 Å². The van der Waals surface area contributed by atoms with Crippen molar-refractivity contribution in [2.45, 2.75) is 84.0 Å². The number of hydrogen-bond acceptors (Lipinski definition) is 5. The fraction of sp³-hybridized carbons (Fsp3) is 0.950. The third-order valence-corrected chi connectivity index (χ3v) is 4.46. The third kappa shape index (κ3) is 18.0. The molecule has 3 N–H and O–H groups in total. The minimum absolute atomic E-state index is 0.0951. The van der Waals surface area contributed by atoms with Crippen molar-refractivity contribution in [2.24, 2.45) is 5.73 Å². The Balaban J connectivity index is 3.42. The van der Waals surface area contributed by atoms with E-state index in [0.29, 0.717) is 26.1 Å². The Hall–Kier alpha value is -0.650. The Labute approximate surface area is 155 Å². The molecular weight excluding hydrogens is 316 g/mol. The number of nitrogens with two attached hydrogens (primary N) is 1. The summed E-state index contributed by atoms with van der Waals surface area (Å²) in [5.41, 5.74) is 5.51. The molecule has 25 heavy (non-hydrogen) atoms. The van der Waals surface area contributed by atoms with E-state index >= 15 is 0 Å². The molecule has 0 spiro atoms. The first kappa shape index (κ1) is 24.4. The summed E-state index contributed by atoms with van der Waals surface area (Å²) in [7, 11) is 0. The molecule has 0 aromatic heterocycles. The molecule has 0 fully saturated rings. The smallest absolute Gasteiger partial charge is 0.305 e. The van der Waals surface area contributed by atoms with Crippen LogP contribution in [0.4, 0.5) is 0 Å². The van der Waals surface area contributed by atoms with Crippen LogP contribution in [0, 0.1) is 0 Å². The second-order valence-electron chi connectivity index (χ2n) is 6.86. The van der Waals surface area contributed by atoms with E-state index in [0.717, 1.165) is 38.8 Å². The van der Waals surface area contributed by atoms with Gasteiger partial charge in [-0.3, -0.25) is 4.79 Å². The van der Waals surface area contributed by atoms with E-state index in [9.17, 15) is 4.79 Å². The van der Waals surface area contributed by atoms with Crippen LogP contribution in [-0.2, 0) is 9.53 Å². The monoisotopic (exact) mass is 358 g/mol. The number of hydrogen-bond donors (Lipinski definition) is 2. The van der Waals surface area contributed by atoms with Crippen molar-refractivity contribution < 1.29 is 14.6 Å². The first-order valence-electron chi connectivity index (χ1n) is 10.4. The fourth-order valence-corrected chi connectivity index (χ4v) is 2.91. The van der Waals surface area contributed by atoms with Crippen molar-refractivity contribution >= 4 is 5.97 Å². The molecule has 0 heterocycles. The zero-order valence-electron chi connectivity index (χ0n) is 16.5. The van der Waals surface area contributed by atoms with Crippen LogP contribution in [-0.4, -0.2) is 55.4 Å². The van der Waals surface area contributed by atoms with Crippen molar-refractivity contribution in [3.05, 3.63) is 0 Å². The highest BCUT2D eigenvalue weighted by Gasteiger charge is 2.07. The summed E-state index contributed by atoms with van der Waals surface area (Å²) in [5.74, 6) is -0.0951. The van der Waals surface area contributed by atoms with Crippen LogP contribution in [0.2, 0.25) is 0 Å². The van der Waals surface area contributed by atoms with Crippen LogP contribution < -0.4 is 5.73 Å². The Bertz CT molecular complexity index is 288. The number of ether oxygens (including phenoxy) is 1. The summed E-state index contributed by atoms with van der Waals surface area (Å²) in [6.45, 7) is 5.94. The molecule has 0 amide bonds. The van der Waals surface area contributed by atoms with Gasteiger partial charge in [0.15, 0.2) is 0 Å². The van der Waals surface area contributed by atoms with E-state index in [2.05, 4.69) is 11.8 Å². The molecule has 0 saturated carbocycles. The van der Waals surface area contributed by atoms with Gasteiger partial charge in [0.1, 0.15) is 0 Å². The molecule has 0 atom stereocenters. The first-order valence-corrected chi connectivity index (χ1v) is 10.4. The number of carbonyl (C=O) groups is 1. The molecule has 0 radical (unpaired) electrons. The highest BCUT2D eigenvalue weighted by atomic mass is 16.5. The van der Waals surface area contributed by atoms with Crippen molar-refractivity contribution in [3.63, 3.8) is 0 Å². The molecule has 0 aromatic rings. The standard InChI is InChI=1S/C20H42N2O3/c1-2-3-4-5-6-7-8-9-10-19-25-20(24)13-11-15-22(17-18-23)16-12-14-21/h23H,2-19,21H2,1H3. The van der Waals surface area contributed by atoms with Gasteiger partial charge < -0.3 is 20.5 Å². The average Bonchev–Trinajstić information content (AvgIpc) is 2.61. The molecule has 0 aliphatic carbocycles. The van der Waals surface area contributed by atoms with Gasteiger partial charge in [-0.25, -0.2) is 0 Å². The average molecular weight is 359 g/mol. The normalized spacial score (nSPS) is 11.2. The van der Waals surface area contributed by atoms with Gasteiger partial charge in [0, 0.05) is 13.0 Å². The largest absolute Gasteiger partial charge is 0.466 e. The van der Waals surface area contributed by atoms with Crippen LogP contribution >= 0.6 is 0 Å². The summed E-state index contributed by atoms with van der Waals surface area (Å²) in [6, 6.07) is 0. The van der Waals surface area contributed by atoms with Gasteiger partial charge >= 0.3 is 5.97 Å². The highest BCUT2D eigenvalue weighted by Crippen LogP contribution is 2.09. The molecule has 0 aliphatic rings. The maximum Gasteiger partial charge on any atom is 0.305 e. The van der Waals surface area contributed by atoms with E-state index in [1.165, 1.54) is 44.9 Å². The molecule has 0 unspecified atom stereocenters. The zero-order valence-corrected chi connectivity index (χ0v) is 16.5. The predicted octanol–water partition coefficient (Wildman–Crippen LogP) is 3.48. The maximum atomic E-state index is 11.7. The molecule has 0 rings (SSSR count). The Morgan fingerprint density at radius 3 is 2.08 bits per heavy atom. The zero-order chi connectivity index (χ0) is 18.6. The van der Waals surface area contributed by atoms with E-state index in [1.54, 1.807) is 0 Å². The lowest BCUT2D eigenvalue weighted by molar-refractivity contribution is -0.143. The van der Waals surface area contributed by atoms with Gasteiger partial charge in [-0.2, -0.15) is 0 Å². The van der Waals surface area contributed by atoms with Crippen LogP contribution in [0.25, 0.3) is 0 Å². The lowest BCUT2D eigenvalue weighted by Gasteiger charge is -2.20. The Morgan fingerprint density at radius 1 is 0.880 bits per heavy atom. The summed E-state index contributed by atoms with van der Waals surface area (Å²) >= 11 is 0. The number of esters is 1. The van der Waals surface area contributed by atoms with Crippen LogP contribution in [0.5, 0.6) is 0 Å². The molecule has 150 valence electrons. The lowest BCUT2D eigenvalue weighted by Crippen LogP contribution is -2.30. The van der Waals surface area contributed by atoms with Gasteiger partial charge in [-0.15, -0.1) is 0 Å². The number of rotatable bonds is 19. The quantitative estimate of drug-likeness (QED) is 0.273. The Kier molecular flexibility index (Phi) is 19.2. The third-order valence-electron chi connectivity index (χ3n) is 4.46. The van der Waals surface area contributed by atoms with Crippen LogP contribution in [0.1, 0.15) is 84.0 Å². The Morgan fingerprint density at radius 2 is 1.48 bits per heavy atom. The topological polar surface area (TPSA) is 75.8 Å². The van der Waals surface area contributed by atoms with E-state index in [4.69, 9.17) is 15.6 Å². The molecule has 5 heteroatoms. The highest BCUT2D eigenvalue weighted by molar-refractivity contribution is 5.69. The van der Waals surface area contributed by atoms with Crippen molar-refractivity contribution in [1.29, 1.82) is 0 Å². The molecule has 0 aliphatic heterocycles. The summed E-state index contributed by atoms with van der Waals surface area (Å²) < 4.78 is 5.30. The molecule has 0 saturated heterocycles. The summed E-state index contributed by atoms with van der Waals surface area (Å²) in [4.78, 5) is 13.9. The van der Waals surface area contributed by atoms with E-state index in [-0.39, 0.29) is 12.6 Å². The van der Waals surface area contributed by atoms with Crippen molar-refractivity contribution in [3.8, 4) is 0 Å². The molecule has 5 nitrogen and oxygen atoms in total. The number of carbonyl (C=O) groups excluding carboxylic acids is 1. The second kappa shape index (κ2) is 19.7. The predicted molar refractivity (Wildman–Crippen MR) is 105 cm³/mol. The van der Waals surface area contributed by atoms with Gasteiger partial charge in [0.2, 0.25) is 0 Å². The van der Waals surface area contributed by atoms with Crippen LogP contribution in [0.3, 0.4) is 0 Å². The number of nitrogens with zero attached hydrogens (tertiary/aromatic N) is 1. The maximum absolute atomic E-state index is 11.7. The van der Waals surface area contributed by atoms with Crippen molar-refractivity contribution in [2.75, 3.05) is 39.4 Å². The second-order valence-corrected chi connectivity index (χ2v) is 6.86. The van der Waals surface area contributed by atoms with Crippen LogP contribution in [0.15, 0.2) is 0 Å². The minimum atomic E-state index is -0.0951. The lowest BCUT2D eigenvalue weighted by atomic mass is 10.1. The first-order chi connectivity index (χ1) is 12.2. The molecular formula is C20H42N2O3. The summed E-state index contributed by atoms with van der Waals surface area (Å²) in [6.07, 6.45) is 13.6. The van der Waals surface area contributed by atoms with Gasteiger partial charge in [-0.05, 0) is 38.9 Å². The van der Waals surface area contributed by atoms with Gasteiger partial charge in [0.25, 0.3) is 0 Å². The SMILES string of the molecule is CCCCCCCCCCCOC(=O)CCCN(CCO)CCCN. The number of aliphatic hydroxyl groups is 1. The fourth-order valence-electron chi connectivity index (χ4n) is 2.91. The minimum Gasteiger partial charge on any atom is -0.466 e. The van der Waals surface area contributed by atoms with Crippen molar-refractivity contribution in [1.82, 2.24) is 4.90 Å². The summed E-state index contributed by atoms with van der Waals surface area (Å²) in [5, 5.41) is 9.04. The van der Waals surface area contributed by atoms with E-state index < -0.39 is 0 Å². The van der Waals surface area contributed by atoms with E-state index in [1.807, 2.05) is 0 Å². The molecule has 0 aromatic carbocycles. The molecule has 0 bridgehead atoms. The number of unbranched alkanes of at least 4 members (excludes halogenated alkanes) is 8. The number of aliphatic hydroxyl groups excluding tert-OH is 1. The van der Waals surface area contributed by atoms with Gasteiger partial charge in [-0.1, -0.05) is 58.3 Å².